The zero-order valence-corrected chi connectivity index (χ0v) is 9.92. The summed E-state index contributed by atoms with van der Waals surface area (Å²) in [4.78, 5) is 9.85. The molecular formula is C12H9ClN2O3. The summed E-state index contributed by atoms with van der Waals surface area (Å²) in [6, 6.07) is 9.70. The lowest BCUT2D eigenvalue weighted by Gasteiger charge is -2.00. The van der Waals surface area contributed by atoms with Crippen LogP contribution in [0.4, 0.5) is 5.88 Å². The van der Waals surface area contributed by atoms with E-state index in [1.165, 1.54) is 18.2 Å². The van der Waals surface area contributed by atoms with Gasteiger partial charge in [0, 0.05) is 16.8 Å². The van der Waals surface area contributed by atoms with Gasteiger partial charge in [-0.1, -0.05) is 23.7 Å². The largest absolute Gasteiger partial charge is 0.433 e. The molecule has 0 saturated heterocycles. The van der Waals surface area contributed by atoms with Crippen LogP contribution in [0.25, 0.3) is 11.8 Å². The average Bonchev–Trinajstić information content (AvgIpc) is 2.78. The van der Waals surface area contributed by atoms with Crippen molar-refractivity contribution in [2.45, 2.75) is 0 Å². The number of hydrogen-bond donors (Lipinski definition) is 1. The minimum atomic E-state index is -0.601. The van der Waals surface area contributed by atoms with Gasteiger partial charge in [0.05, 0.1) is 6.07 Å². The van der Waals surface area contributed by atoms with Crippen molar-refractivity contribution in [1.82, 2.24) is 0 Å². The highest BCUT2D eigenvalue weighted by Gasteiger charge is 2.10. The Morgan fingerprint density at radius 3 is 2.50 bits per heavy atom. The van der Waals surface area contributed by atoms with E-state index < -0.39 is 4.92 Å². The number of hydrogen-bond acceptors (Lipinski definition) is 4. The third-order valence-electron chi connectivity index (χ3n) is 2.27. The summed E-state index contributed by atoms with van der Waals surface area (Å²) in [5, 5.41) is 11.1. The van der Waals surface area contributed by atoms with Gasteiger partial charge in [0.25, 0.3) is 0 Å². The third-order valence-corrected chi connectivity index (χ3v) is 2.52. The molecule has 1 aromatic carbocycles. The van der Waals surface area contributed by atoms with E-state index >= 15 is 0 Å². The van der Waals surface area contributed by atoms with Crippen molar-refractivity contribution in [3.63, 3.8) is 0 Å². The van der Waals surface area contributed by atoms with Crippen molar-refractivity contribution in [3.05, 3.63) is 62.9 Å². The summed E-state index contributed by atoms with van der Waals surface area (Å²) < 4.78 is 4.98. The fraction of sp³-hybridized carbons (Fsp3) is 0. The summed E-state index contributed by atoms with van der Waals surface area (Å²) in [6.07, 6.45) is 1.52. The van der Waals surface area contributed by atoms with Gasteiger partial charge < -0.3 is 10.2 Å². The van der Waals surface area contributed by atoms with E-state index in [4.69, 9.17) is 21.8 Å². The first-order chi connectivity index (χ1) is 8.56. The van der Waals surface area contributed by atoms with E-state index in [0.717, 1.165) is 5.56 Å². The molecule has 2 rings (SSSR count). The lowest BCUT2D eigenvalue weighted by Crippen LogP contribution is -1.95. The molecule has 6 heteroatoms. The van der Waals surface area contributed by atoms with Crippen LogP contribution in [0.1, 0.15) is 11.3 Å². The maximum atomic E-state index is 10.5. The predicted octanol–water partition coefficient (Wildman–Crippen LogP) is 3.30. The molecule has 18 heavy (non-hydrogen) atoms. The maximum Gasteiger partial charge on any atom is 0.433 e. The third kappa shape index (κ3) is 2.70. The Morgan fingerprint density at radius 1 is 1.28 bits per heavy atom. The van der Waals surface area contributed by atoms with Gasteiger partial charge in [-0.3, -0.25) is 10.1 Å². The van der Waals surface area contributed by atoms with E-state index in [-0.39, 0.29) is 5.88 Å². The Bertz CT molecular complexity index is 602. The molecule has 0 unspecified atom stereocenters. The molecule has 0 aliphatic carbocycles. The molecule has 0 fully saturated rings. The average molecular weight is 265 g/mol. The second kappa shape index (κ2) is 4.93. The van der Waals surface area contributed by atoms with Gasteiger partial charge in [0.15, 0.2) is 0 Å². The summed E-state index contributed by atoms with van der Waals surface area (Å²) in [6.45, 7) is 0. The Labute approximate surface area is 108 Å². The predicted molar refractivity (Wildman–Crippen MR) is 68.9 cm³/mol. The maximum absolute atomic E-state index is 10.5. The Morgan fingerprint density at radius 2 is 1.94 bits per heavy atom. The van der Waals surface area contributed by atoms with Crippen molar-refractivity contribution in [1.29, 1.82) is 0 Å². The minimum absolute atomic E-state index is 0.315. The molecule has 0 bridgehead atoms. The highest BCUT2D eigenvalue weighted by molar-refractivity contribution is 6.30. The summed E-state index contributed by atoms with van der Waals surface area (Å²) in [5.41, 5.74) is 7.05. The SMILES string of the molecule is N/C(=C/c1ccc([N+](=O)[O-])o1)c1ccc(Cl)cc1. The Kier molecular flexibility index (Phi) is 3.34. The summed E-state index contributed by atoms with van der Waals surface area (Å²) in [7, 11) is 0. The molecule has 0 radical (unpaired) electrons. The van der Waals surface area contributed by atoms with Crippen LogP contribution in [0.5, 0.6) is 0 Å². The molecule has 92 valence electrons. The van der Waals surface area contributed by atoms with Crippen molar-refractivity contribution in [3.8, 4) is 0 Å². The number of nitrogens with two attached hydrogens (primary N) is 1. The number of rotatable bonds is 3. The second-order valence-corrected chi connectivity index (χ2v) is 3.98. The molecule has 1 aromatic heterocycles. The van der Waals surface area contributed by atoms with Crippen LogP contribution >= 0.6 is 11.6 Å². The monoisotopic (exact) mass is 264 g/mol. The van der Waals surface area contributed by atoms with E-state index in [9.17, 15) is 10.1 Å². The fourth-order valence-corrected chi connectivity index (χ4v) is 1.52. The molecule has 2 aromatic rings. The van der Waals surface area contributed by atoms with Gasteiger partial charge in [0.1, 0.15) is 10.7 Å². The van der Waals surface area contributed by atoms with Crippen LogP contribution in [-0.2, 0) is 0 Å². The summed E-state index contributed by atoms with van der Waals surface area (Å²) in [5.74, 6) is 0.0132. The van der Waals surface area contributed by atoms with Crippen molar-refractivity contribution < 1.29 is 9.34 Å². The van der Waals surface area contributed by atoms with Crippen LogP contribution in [0, 0.1) is 10.1 Å². The molecular weight excluding hydrogens is 256 g/mol. The molecule has 0 aliphatic heterocycles. The van der Waals surface area contributed by atoms with Crippen LogP contribution in [0.2, 0.25) is 5.02 Å². The Balaban J connectivity index is 2.26. The second-order valence-electron chi connectivity index (χ2n) is 3.54. The first-order valence-corrected chi connectivity index (χ1v) is 5.41. The number of benzene rings is 1. The van der Waals surface area contributed by atoms with E-state index in [1.807, 2.05) is 0 Å². The van der Waals surface area contributed by atoms with Crippen LogP contribution in [0.15, 0.2) is 40.8 Å². The van der Waals surface area contributed by atoms with Crippen LogP contribution in [0.3, 0.4) is 0 Å². The first-order valence-electron chi connectivity index (χ1n) is 5.03. The zero-order valence-electron chi connectivity index (χ0n) is 9.17. The van der Waals surface area contributed by atoms with Gasteiger partial charge >= 0.3 is 5.88 Å². The molecule has 2 N–H and O–H groups in total. The van der Waals surface area contributed by atoms with Crippen molar-refractivity contribution >= 4 is 29.3 Å². The topological polar surface area (TPSA) is 82.3 Å². The molecule has 1 heterocycles. The molecule has 0 amide bonds. The van der Waals surface area contributed by atoms with Gasteiger partial charge in [-0.25, -0.2) is 0 Å². The van der Waals surface area contributed by atoms with Gasteiger partial charge in [-0.15, -0.1) is 0 Å². The zero-order chi connectivity index (χ0) is 13.1. The summed E-state index contributed by atoms with van der Waals surface area (Å²) >= 11 is 5.76. The van der Waals surface area contributed by atoms with Crippen molar-refractivity contribution in [2.75, 3.05) is 0 Å². The normalized spacial score (nSPS) is 11.5. The van der Waals surface area contributed by atoms with Crippen LogP contribution < -0.4 is 5.73 Å². The fourth-order valence-electron chi connectivity index (χ4n) is 1.40. The molecule has 0 spiro atoms. The quantitative estimate of drug-likeness (QED) is 0.681. The molecule has 0 atom stereocenters. The highest BCUT2D eigenvalue weighted by Crippen LogP contribution is 2.20. The number of nitro groups is 1. The standard InChI is InChI=1S/C12H9ClN2O3/c13-9-3-1-8(2-4-9)11(14)7-10-5-6-12(18-10)15(16)17/h1-7H,14H2/b11-7+. The lowest BCUT2D eigenvalue weighted by atomic mass is 10.1. The van der Waals surface area contributed by atoms with Gasteiger partial charge in [-0.05, 0) is 23.8 Å². The Hall–Kier alpha value is -2.27. The van der Waals surface area contributed by atoms with Crippen LogP contribution in [-0.4, -0.2) is 4.92 Å². The minimum Gasteiger partial charge on any atom is -0.401 e. The van der Waals surface area contributed by atoms with Gasteiger partial charge in [0.2, 0.25) is 0 Å². The van der Waals surface area contributed by atoms with E-state index in [2.05, 4.69) is 0 Å². The number of furan rings is 1. The molecule has 0 aliphatic rings. The lowest BCUT2D eigenvalue weighted by molar-refractivity contribution is -0.402. The number of nitrogens with zero attached hydrogens (tertiary/aromatic N) is 1. The number of halogens is 1. The van der Waals surface area contributed by atoms with E-state index in [1.54, 1.807) is 24.3 Å². The smallest absolute Gasteiger partial charge is 0.401 e. The van der Waals surface area contributed by atoms with E-state index in [0.29, 0.717) is 16.5 Å². The first kappa shape index (κ1) is 12.2. The highest BCUT2D eigenvalue weighted by atomic mass is 35.5. The molecule has 0 saturated carbocycles. The van der Waals surface area contributed by atoms with Gasteiger partial charge in [-0.2, -0.15) is 0 Å². The van der Waals surface area contributed by atoms with Crippen molar-refractivity contribution in [2.24, 2.45) is 5.73 Å². The molecule has 5 nitrogen and oxygen atoms in total.